The van der Waals surface area contributed by atoms with Crippen LogP contribution in [0.2, 0.25) is 0 Å². The van der Waals surface area contributed by atoms with Crippen LogP contribution in [-0.2, 0) is 0 Å². The maximum Gasteiger partial charge on any atom is 0.185 e. The quantitative estimate of drug-likeness (QED) is 0.460. The zero-order valence-electron chi connectivity index (χ0n) is 12.6. The van der Waals surface area contributed by atoms with Crippen LogP contribution in [-0.4, -0.2) is 16.6 Å². The van der Waals surface area contributed by atoms with E-state index in [1.165, 1.54) is 10.9 Å². The lowest BCUT2D eigenvalue weighted by Crippen LogP contribution is -2.39. The number of thiocarbonyl (C=S) groups is 1. The van der Waals surface area contributed by atoms with Crippen molar-refractivity contribution in [3.8, 4) is 0 Å². The van der Waals surface area contributed by atoms with Gasteiger partial charge in [0.1, 0.15) is 5.82 Å². The van der Waals surface area contributed by atoms with E-state index >= 15 is 0 Å². The molecule has 0 saturated heterocycles. The van der Waals surface area contributed by atoms with Crippen molar-refractivity contribution in [1.29, 1.82) is 0 Å². The summed E-state index contributed by atoms with van der Waals surface area (Å²) in [6.07, 6.45) is 0. The third kappa shape index (κ3) is 3.92. The van der Waals surface area contributed by atoms with Gasteiger partial charge in [0.15, 0.2) is 5.11 Å². The lowest BCUT2D eigenvalue weighted by atomic mass is 10.1. The van der Waals surface area contributed by atoms with Gasteiger partial charge in [-0.3, -0.25) is 10.9 Å². The van der Waals surface area contributed by atoms with Crippen molar-refractivity contribution in [1.82, 2.24) is 15.7 Å². The Hall–Kier alpha value is -2.14. The van der Waals surface area contributed by atoms with Crippen LogP contribution in [0, 0.1) is 13.8 Å². The highest BCUT2D eigenvalue weighted by molar-refractivity contribution is 7.80. The molecular formula is C16H20N4S. The minimum absolute atomic E-state index is 0.516. The largest absolute Gasteiger partial charge is 0.358 e. The number of aromatic nitrogens is 1. The number of aryl methyl sites for hydroxylation is 2. The Kier molecular flexibility index (Phi) is 4.75. The standard InChI is InChI=1S/C16H20N4S/c1-10(2)9-17-16(21)20-19-14-8-12(4)13-7-5-6-11(3)15(13)18-14/h5-8H,1,9H2,2-4H3,(H,18,19)(H2,17,20,21). The summed E-state index contributed by atoms with van der Waals surface area (Å²) in [5.41, 5.74) is 10.3. The molecule has 0 saturated carbocycles. The number of benzene rings is 1. The molecule has 0 radical (unpaired) electrons. The molecule has 110 valence electrons. The average molecular weight is 300 g/mol. The summed E-state index contributed by atoms with van der Waals surface area (Å²) in [4.78, 5) is 4.62. The Morgan fingerprint density at radius 1 is 1.29 bits per heavy atom. The van der Waals surface area contributed by atoms with Crippen LogP contribution in [0.1, 0.15) is 18.1 Å². The third-order valence-electron chi connectivity index (χ3n) is 3.10. The second-order valence-corrected chi connectivity index (χ2v) is 5.59. The molecule has 1 heterocycles. The van der Waals surface area contributed by atoms with Crippen LogP contribution in [0.25, 0.3) is 10.9 Å². The van der Waals surface area contributed by atoms with Crippen molar-refractivity contribution in [2.24, 2.45) is 0 Å². The molecule has 1 aromatic heterocycles. The molecular weight excluding hydrogens is 280 g/mol. The highest BCUT2D eigenvalue weighted by atomic mass is 32.1. The van der Waals surface area contributed by atoms with Crippen molar-refractivity contribution in [2.45, 2.75) is 20.8 Å². The SMILES string of the molecule is C=C(C)CNC(=S)NNc1cc(C)c2cccc(C)c2n1. The van der Waals surface area contributed by atoms with Crippen LogP contribution in [0.15, 0.2) is 36.4 Å². The monoisotopic (exact) mass is 300 g/mol. The molecule has 0 unspecified atom stereocenters. The first kappa shape index (κ1) is 15.3. The van der Waals surface area contributed by atoms with Gasteiger partial charge in [0.25, 0.3) is 0 Å². The molecule has 4 nitrogen and oxygen atoms in total. The van der Waals surface area contributed by atoms with Gasteiger partial charge in [0.05, 0.1) is 5.52 Å². The third-order valence-corrected chi connectivity index (χ3v) is 3.35. The zero-order chi connectivity index (χ0) is 15.4. The molecule has 0 atom stereocenters. The first-order valence-electron chi connectivity index (χ1n) is 6.78. The fourth-order valence-corrected chi connectivity index (χ4v) is 2.14. The van der Waals surface area contributed by atoms with E-state index in [0.717, 1.165) is 22.5 Å². The zero-order valence-corrected chi connectivity index (χ0v) is 13.4. The van der Waals surface area contributed by atoms with Crippen LogP contribution in [0.4, 0.5) is 5.82 Å². The van der Waals surface area contributed by atoms with Crippen molar-refractivity contribution >= 4 is 34.1 Å². The number of pyridine rings is 1. The number of hydrogen-bond donors (Lipinski definition) is 3. The molecule has 0 aliphatic carbocycles. The van der Waals surface area contributed by atoms with Gasteiger partial charge in [-0.2, -0.15) is 0 Å². The molecule has 5 heteroatoms. The van der Waals surface area contributed by atoms with Gasteiger partial charge in [-0.1, -0.05) is 30.4 Å². The van der Waals surface area contributed by atoms with Gasteiger partial charge in [-0.05, 0) is 50.2 Å². The van der Waals surface area contributed by atoms with Gasteiger partial charge in [0, 0.05) is 11.9 Å². The van der Waals surface area contributed by atoms with Crippen molar-refractivity contribution < 1.29 is 0 Å². The fraction of sp³-hybridized carbons (Fsp3) is 0.250. The Labute approximate surface area is 130 Å². The molecule has 2 aromatic rings. The van der Waals surface area contributed by atoms with Gasteiger partial charge >= 0.3 is 0 Å². The van der Waals surface area contributed by atoms with E-state index in [4.69, 9.17) is 12.2 Å². The molecule has 0 bridgehead atoms. The van der Waals surface area contributed by atoms with Crippen molar-refractivity contribution in [3.63, 3.8) is 0 Å². The highest BCUT2D eigenvalue weighted by Crippen LogP contribution is 2.22. The highest BCUT2D eigenvalue weighted by Gasteiger charge is 2.05. The fourth-order valence-electron chi connectivity index (χ4n) is 2.02. The Morgan fingerprint density at radius 2 is 2.05 bits per heavy atom. The van der Waals surface area contributed by atoms with E-state index in [0.29, 0.717) is 11.7 Å². The normalized spacial score (nSPS) is 10.2. The number of hydrogen-bond acceptors (Lipinski definition) is 3. The van der Waals surface area contributed by atoms with Crippen LogP contribution < -0.4 is 16.2 Å². The second kappa shape index (κ2) is 6.54. The molecule has 21 heavy (non-hydrogen) atoms. The molecule has 0 amide bonds. The van der Waals surface area contributed by atoms with Crippen LogP contribution in [0.3, 0.4) is 0 Å². The number of fused-ring (bicyclic) bond motifs is 1. The van der Waals surface area contributed by atoms with Crippen molar-refractivity contribution in [2.75, 3.05) is 12.0 Å². The van der Waals surface area contributed by atoms with E-state index in [9.17, 15) is 0 Å². The molecule has 0 aliphatic rings. The summed E-state index contributed by atoms with van der Waals surface area (Å²) in [6, 6.07) is 8.19. The average Bonchev–Trinajstić information content (AvgIpc) is 2.44. The Morgan fingerprint density at radius 3 is 2.76 bits per heavy atom. The number of nitrogens with one attached hydrogen (secondary N) is 3. The molecule has 2 rings (SSSR count). The molecule has 1 aromatic carbocycles. The summed E-state index contributed by atoms with van der Waals surface area (Å²) in [5, 5.41) is 4.73. The van der Waals surface area contributed by atoms with Crippen LogP contribution in [0.5, 0.6) is 0 Å². The molecule has 3 N–H and O–H groups in total. The van der Waals surface area contributed by atoms with E-state index in [1.807, 2.05) is 19.1 Å². The number of rotatable bonds is 4. The Balaban J connectivity index is 2.11. The van der Waals surface area contributed by atoms with E-state index in [2.05, 4.69) is 53.7 Å². The van der Waals surface area contributed by atoms with Gasteiger partial charge < -0.3 is 5.32 Å². The van der Waals surface area contributed by atoms with E-state index < -0.39 is 0 Å². The summed E-state index contributed by atoms with van der Waals surface area (Å²) in [6.45, 7) is 10.5. The van der Waals surface area contributed by atoms with Gasteiger partial charge in [0.2, 0.25) is 0 Å². The number of hydrazine groups is 1. The minimum Gasteiger partial charge on any atom is -0.358 e. The lowest BCUT2D eigenvalue weighted by Gasteiger charge is -2.13. The summed E-state index contributed by atoms with van der Waals surface area (Å²) < 4.78 is 0. The van der Waals surface area contributed by atoms with Gasteiger partial charge in [-0.25, -0.2) is 4.98 Å². The smallest absolute Gasteiger partial charge is 0.185 e. The Bertz CT molecular complexity index is 694. The first-order chi connectivity index (χ1) is 9.97. The van der Waals surface area contributed by atoms with Gasteiger partial charge in [-0.15, -0.1) is 0 Å². The first-order valence-corrected chi connectivity index (χ1v) is 7.19. The number of anilines is 1. The lowest BCUT2D eigenvalue weighted by molar-refractivity contribution is 0.940. The summed E-state index contributed by atoms with van der Waals surface area (Å²) >= 11 is 5.17. The number of nitrogens with zero attached hydrogens (tertiary/aromatic N) is 1. The molecule has 0 aliphatic heterocycles. The predicted molar refractivity (Wildman–Crippen MR) is 93.4 cm³/mol. The van der Waals surface area contributed by atoms with E-state index in [1.54, 1.807) is 0 Å². The predicted octanol–water partition coefficient (Wildman–Crippen LogP) is 3.22. The second-order valence-electron chi connectivity index (χ2n) is 5.19. The summed E-state index contributed by atoms with van der Waals surface area (Å²) in [7, 11) is 0. The van der Waals surface area contributed by atoms with Crippen LogP contribution >= 0.6 is 12.2 Å². The van der Waals surface area contributed by atoms with E-state index in [-0.39, 0.29) is 0 Å². The number of para-hydroxylation sites is 1. The minimum atomic E-state index is 0.516. The topological polar surface area (TPSA) is 49.0 Å². The molecule has 0 spiro atoms. The summed E-state index contributed by atoms with van der Waals surface area (Å²) in [5.74, 6) is 0.744. The van der Waals surface area contributed by atoms with Crippen molar-refractivity contribution in [3.05, 3.63) is 47.5 Å². The maximum atomic E-state index is 5.17. The molecule has 0 fully saturated rings. The maximum absolute atomic E-state index is 5.17.